The van der Waals surface area contributed by atoms with Gasteiger partial charge in [0.05, 0.1) is 21.2 Å². The third-order valence-electron chi connectivity index (χ3n) is 9.37. The van der Waals surface area contributed by atoms with Crippen LogP contribution in [-0.2, 0) is 41.5 Å². The molecule has 292 valence electrons. The van der Waals surface area contributed by atoms with Crippen molar-refractivity contribution in [3.8, 4) is 0 Å². The highest BCUT2D eigenvalue weighted by molar-refractivity contribution is 7.86. The van der Waals surface area contributed by atoms with E-state index in [1.54, 1.807) is 66.7 Å². The molecule has 2 aliphatic heterocycles. The van der Waals surface area contributed by atoms with E-state index in [2.05, 4.69) is 0 Å². The minimum absolute atomic E-state index is 0.0452. The Morgan fingerprint density at radius 2 is 0.690 bits per heavy atom. The fourth-order valence-electron chi connectivity index (χ4n) is 7.30. The van der Waals surface area contributed by atoms with Crippen LogP contribution in [0.5, 0.6) is 0 Å². The lowest BCUT2D eigenvalue weighted by Crippen LogP contribution is -2.40. The van der Waals surface area contributed by atoms with Crippen LogP contribution in [-0.4, -0.2) is 74.8 Å². The number of hydrogen-bond acceptors (Lipinski definition) is 14. The molecule has 0 aromatic heterocycles. The van der Waals surface area contributed by atoms with Crippen molar-refractivity contribution in [3.05, 3.63) is 119 Å². The molecule has 18 nitrogen and oxygen atoms in total. The first-order valence-electron chi connectivity index (χ1n) is 15.9. The number of para-hydroxylation sites is 1. The number of anilines is 2. The van der Waals surface area contributed by atoms with Gasteiger partial charge < -0.3 is 0 Å². The topological polar surface area (TPSA) is 286 Å². The second-order valence-electron chi connectivity index (χ2n) is 12.4. The SMILES string of the molecule is O=C1c2ccc3c4ccc5c6c(ccc(c7ccc(c2c37)C(=O)N1c1ccccc1)c64)C(=O)N(c1cc(S(=O)(=O)O)cc(S(=O)(=O)O)c1)C5=O.O=S(=O)=O.O=S(=O)=O. The first-order chi connectivity index (χ1) is 27.2. The van der Waals surface area contributed by atoms with Crippen molar-refractivity contribution in [2.75, 3.05) is 9.80 Å². The molecule has 2 heterocycles. The first-order valence-corrected chi connectivity index (χ1v) is 20.8. The summed E-state index contributed by atoms with van der Waals surface area (Å²) in [4.78, 5) is 55.6. The average molecular weight is 863 g/mol. The zero-order chi connectivity index (χ0) is 42.2. The van der Waals surface area contributed by atoms with Crippen LogP contribution in [0.3, 0.4) is 0 Å². The van der Waals surface area contributed by atoms with Crippen molar-refractivity contribution in [3.63, 3.8) is 0 Å². The summed E-state index contributed by atoms with van der Waals surface area (Å²) in [7, 11) is -16.3. The number of amides is 4. The Labute approximate surface area is 327 Å². The van der Waals surface area contributed by atoms with Crippen LogP contribution in [0.4, 0.5) is 11.4 Å². The van der Waals surface area contributed by atoms with Gasteiger partial charge in [0.25, 0.3) is 43.9 Å². The van der Waals surface area contributed by atoms with Gasteiger partial charge in [-0.25, -0.2) is 9.80 Å². The van der Waals surface area contributed by atoms with Crippen LogP contribution >= 0.6 is 0 Å². The molecule has 0 radical (unpaired) electrons. The van der Waals surface area contributed by atoms with E-state index in [0.29, 0.717) is 70.9 Å². The van der Waals surface area contributed by atoms with Gasteiger partial charge in [0.2, 0.25) is 0 Å². The Bertz CT molecular complexity index is 3290. The monoisotopic (exact) mass is 862 g/mol. The Kier molecular flexibility index (Phi) is 9.50. The van der Waals surface area contributed by atoms with Crippen LogP contribution in [0.25, 0.3) is 43.1 Å². The van der Waals surface area contributed by atoms with Gasteiger partial charge in [0.1, 0.15) is 0 Å². The number of hydrogen-bond donors (Lipinski definition) is 2. The molecule has 0 aliphatic carbocycles. The number of fused-ring (bicyclic) bond motifs is 2. The number of nitrogens with zero attached hydrogens (tertiary/aromatic N) is 2. The van der Waals surface area contributed by atoms with E-state index in [4.69, 9.17) is 25.3 Å². The predicted molar refractivity (Wildman–Crippen MR) is 202 cm³/mol. The van der Waals surface area contributed by atoms with E-state index in [-0.39, 0.29) is 11.1 Å². The molecule has 2 aliphatic rings. The highest BCUT2D eigenvalue weighted by Gasteiger charge is 2.38. The molecule has 0 spiro atoms. The lowest BCUT2D eigenvalue weighted by atomic mass is 9.82. The molecule has 2 N–H and O–H groups in total. The van der Waals surface area contributed by atoms with Crippen molar-refractivity contribution in [1.82, 2.24) is 0 Å². The number of benzene rings is 7. The summed E-state index contributed by atoms with van der Waals surface area (Å²) in [5, 5.41) is 4.64. The molecule has 0 bridgehead atoms. The lowest BCUT2D eigenvalue weighted by Gasteiger charge is -2.30. The van der Waals surface area contributed by atoms with Crippen LogP contribution in [0, 0.1) is 0 Å². The number of carbonyl (C=O) groups is 4. The minimum Gasteiger partial charge on any atom is -0.282 e. The maximum absolute atomic E-state index is 14.1. The number of imide groups is 2. The largest absolute Gasteiger partial charge is 0.425 e. The molecule has 4 amide bonds. The molecule has 7 aromatic carbocycles. The molecular weight excluding hydrogens is 845 g/mol. The molecular formula is C36H18N2O16S4. The van der Waals surface area contributed by atoms with Gasteiger partial charge in [0.15, 0.2) is 0 Å². The van der Waals surface area contributed by atoms with E-state index < -0.39 is 80.6 Å². The lowest BCUT2D eigenvalue weighted by molar-refractivity contribution is 0.0877. The van der Waals surface area contributed by atoms with Crippen molar-refractivity contribution in [2.24, 2.45) is 0 Å². The van der Waals surface area contributed by atoms with E-state index in [0.717, 1.165) is 17.0 Å². The van der Waals surface area contributed by atoms with Gasteiger partial charge in [0, 0.05) is 33.0 Å². The number of rotatable bonds is 4. The Morgan fingerprint density at radius 1 is 0.397 bits per heavy atom. The summed E-state index contributed by atoms with van der Waals surface area (Å²) in [6, 6.07) is 23.8. The summed E-state index contributed by atoms with van der Waals surface area (Å²) < 4.78 is 118. The molecule has 58 heavy (non-hydrogen) atoms. The molecule has 0 saturated carbocycles. The zero-order valence-electron chi connectivity index (χ0n) is 28.4. The van der Waals surface area contributed by atoms with Crippen LogP contribution < -0.4 is 9.80 Å². The third-order valence-corrected chi connectivity index (χ3v) is 11.0. The summed E-state index contributed by atoms with van der Waals surface area (Å²) >= 11 is 0. The van der Waals surface area contributed by atoms with E-state index in [1.165, 1.54) is 12.1 Å². The van der Waals surface area contributed by atoms with Gasteiger partial charge >= 0.3 is 21.2 Å². The normalized spacial score (nSPS) is 13.8. The van der Waals surface area contributed by atoms with E-state index in [1.807, 2.05) is 0 Å². The van der Waals surface area contributed by atoms with E-state index in [9.17, 15) is 45.1 Å². The molecule has 0 unspecified atom stereocenters. The Morgan fingerprint density at radius 3 is 0.983 bits per heavy atom. The molecule has 9 rings (SSSR count). The smallest absolute Gasteiger partial charge is 0.282 e. The highest BCUT2D eigenvalue weighted by Crippen LogP contribution is 2.47. The second kappa shape index (κ2) is 14.0. The zero-order valence-corrected chi connectivity index (χ0v) is 31.6. The standard InChI is InChI=1S/C36H18N2O10S2.2O3S/c39-33-25-10-6-21-23-8-12-27-32-28(36(42)38(35(27)41)18-14-19(49(43,44)45)16-20(15-18)50(46,47)48)13-9-24(30(23)32)22-7-11-26(31(25)29(21)22)34(40)37(33)17-4-2-1-3-5-17;2*1-4(2)3/h1-16H,(H,43,44,45)(H,46,47,48);;. The Balaban J connectivity index is 0.000000589. The maximum atomic E-state index is 14.1. The quantitative estimate of drug-likeness (QED) is 0.110. The fourth-order valence-corrected chi connectivity index (χ4v) is 8.46. The molecule has 22 heteroatoms. The van der Waals surface area contributed by atoms with E-state index >= 15 is 0 Å². The molecule has 0 atom stereocenters. The summed E-state index contributed by atoms with van der Waals surface area (Å²) in [6.45, 7) is 0. The fraction of sp³-hybridized carbons (Fsp3) is 0. The van der Waals surface area contributed by atoms with Crippen LogP contribution in [0.15, 0.2) is 107 Å². The van der Waals surface area contributed by atoms with Crippen molar-refractivity contribution in [2.45, 2.75) is 9.79 Å². The van der Waals surface area contributed by atoms with Crippen molar-refractivity contribution < 1.29 is 70.4 Å². The summed E-state index contributed by atoms with van der Waals surface area (Å²) in [6.07, 6.45) is 0. The highest BCUT2D eigenvalue weighted by atomic mass is 32.2. The first kappa shape index (κ1) is 39.4. The van der Waals surface area contributed by atoms with Crippen LogP contribution in [0.2, 0.25) is 0 Å². The van der Waals surface area contributed by atoms with Crippen molar-refractivity contribution in [1.29, 1.82) is 0 Å². The second-order valence-corrected chi connectivity index (χ2v) is 16.1. The van der Waals surface area contributed by atoms with Crippen LogP contribution in [0.1, 0.15) is 41.4 Å². The minimum atomic E-state index is -5.03. The molecule has 7 aromatic rings. The maximum Gasteiger partial charge on any atom is 0.425 e. The Hall–Kier alpha value is -6.82. The number of carbonyl (C=O) groups excluding carboxylic acids is 4. The average Bonchev–Trinajstić information content (AvgIpc) is 3.14. The molecule has 0 saturated heterocycles. The summed E-state index contributed by atoms with van der Waals surface area (Å²) in [5.74, 6) is -2.76. The third kappa shape index (κ3) is 6.44. The van der Waals surface area contributed by atoms with Gasteiger partial charge in [-0.2, -0.15) is 16.8 Å². The summed E-state index contributed by atoms with van der Waals surface area (Å²) in [5.41, 5.74) is 0.706. The van der Waals surface area contributed by atoms with Crippen molar-refractivity contribution >= 4 is 120 Å². The van der Waals surface area contributed by atoms with Gasteiger partial charge in [-0.1, -0.05) is 42.5 Å². The van der Waals surface area contributed by atoms with Gasteiger partial charge in [-0.05, 0) is 86.9 Å². The van der Waals surface area contributed by atoms with Gasteiger partial charge in [-0.3, -0.25) is 28.3 Å². The predicted octanol–water partition coefficient (Wildman–Crippen LogP) is 3.82. The van der Waals surface area contributed by atoms with Gasteiger partial charge in [-0.15, -0.1) is 25.3 Å². The molecule has 0 fully saturated rings.